The van der Waals surface area contributed by atoms with Gasteiger partial charge in [0.1, 0.15) is 0 Å². The zero-order chi connectivity index (χ0) is 22.5. The van der Waals surface area contributed by atoms with Crippen molar-refractivity contribution in [1.29, 1.82) is 0 Å². The molecule has 0 radical (unpaired) electrons. The van der Waals surface area contributed by atoms with Gasteiger partial charge in [0.2, 0.25) is 5.95 Å². The van der Waals surface area contributed by atoms with Gasteiger partial charge in [-0.05, 0) is 26.0 Å². The van der Waals surface area contributed by atoms with Gasteiger partial charge in [0.05, 0.1) is 58.7 Å². The molecule has 2 unspecified atom stereocenters. The third kappa shape index (κ3) is 3.69. The number of piperazine rings is 1. The maximum Gasteiger partial charge on any atom is 0.227 e. The minimum Gasteiger partial charge on any atom is -0.389 e. The summed E-state index contributed by atoms with van der Waals surface area (Å²) < 4.78 is 7.32. The smallest absolute Gasteiger partial charge is 0.227 e. The molecule has 1 aromatic carbocycles. The standard InChI is InChI=1S/C22H28ClN7O2/c1-14-18(11-25-28(14)3)27-21-24-10-15-8-16(23)19(9-17(15)26-21)29-4-6-30(7-5-29)22(2)13-32-12-20(22)31/h8-11,20,31H,4-7,12-13H2,1-3H3,(H,24,26,27). The van der Waals surface area contributed by atoms with Crippen molar-refractivity contribution in [3.8, 4) is 0 Å². The molecule has 2 aliphatic rings. The number of aliphatic hydroxyl groups is 1. The fourth-order valence-electron chi connectivity index (χ4n) is 4.50. The first-order valence-electron chi connectivity index (χ1n) is 10.8. The maximum absolute atomic E-state index is 10.4. The Kier molecular flexibility index (Phi) is 5.45. The van der Waals surface area contributed by atoms with Crippen LogP contribution < -0.4 is 10.2 Å². The van der Waals surface area contributed by atoms with Gasteiger partial charge in [0, 0.05) is 44.8 Å². The third-order valence-electron chi connectivity index (χ3n) is 6.86. The molecule has 0 spiro atoms. The lowest BCUT2D eigenvalue weighted by atomic mass is 9.95. The number of hydrogen-bond acceptors (Lipinski definition) is 8. The quantitative estimate of drug-likeness (QED) is 0.617. The molecule has 170 valence electrons. The van der Waals surface area contributed by atoms with Gasteiger partial charge in [-0.2, -0.15) is 5.10 Å². The Labute approximate surface area is 191 Å². The Bertz CT molecular complexity index is 1140. The summed E-state index contributed by atoms with van der Waals surface area (Å²) in [7, 11) is 1.90. The molecule has 9 nitrogen and oxygen atoms in total. The van der Waals surface area contributed by atoms with Gasteiger partial charge in [-0.25, -0.2) is 9.97 Å². The first kappa shape index (κ1) is 21.4. The van der Waals surface area contributed by atoms with Crippen LogP contribution in [0.25, 0.3) is 10.9 Å². The normalized spacial score (nSPS) is 24.4. The number of aliphatic hydroxyl groups excluding tert-OH is 1. The lowest BCUT2D eigenvalue weighted by Gasteiger charge is -2.45. The second-order valence-corrected chi connectivity index (χ2v) is 9.22. The molecular weight excluding hydrogens is 430 g/mol. The predicted octanol–water partition coefficient (Wildman–Crippen LogP) is 2.34. The number of aryl methyl sites for hydroxylation is 1. The maximum atomic E-state index is 10.4. The van der Waals surface area contributed by atoms with Crippen LogP contribution in [0.3, 0.4) is 0 Å². The van der Waals surface area contributed by atoms with Crippen LogP contribution in [0.5, 0.6) is 0 Å². The van der Waals surface area contributed by atoms with Crippen LogP contribution in [0.15, 0.2) is 24.5 Å². The number of ether oxygens (including phenoxy) is 1. The van der Waals surface area contributed by atoms with E-state index in [1.165, 1.54) is 0 Å². The largest absolute Gasteiger partial charge is 0.389 e. The van der Waals surface area contributed by atoms with E-state index >= 15 is 0 Å². The monoisotopic (exact) mass is 457 g/mol. The van der Waals surface area contributed by atoms with Crippen molar-refractivity contribution in [2.24, 2.45) is 7.05 Å². The molecular formula is C22H28ClN7O2. The number of rotatable bonds is 4. The second kappa shape index (κ2) is 8.15. The van der Waals surface area contributed by atoms with E-state index in [1.54, 1.807) is 17.1 Å². The summed E-state index contributed by atoms with van der Waals surface area (Å²) in [6.45, 7) is 8.35. The average molecular weight is 458 g/mol. The molecule has 0 bridgehead atoms. The van der Waals surface area contributed by atoms with Gasteiger partial charge in [-0.1, -0.05) is 11.6 Å². The highest BCUT2D eigenvalue weighted by molar-refractivity contribution is 6.34. The number of nitrogens with one attached hydrogen (secondary N) is 1. The van der Waals surface area contributed by atoms with Crippen LogP contribution in [0.2, 0.25) is 5.02 Å². The summed E-state index contributed by atoms with van der Waals surface area (Å²) in [6.07, 6.45) is 3.10. The van der Waals surface area contributed by atoms with Crippen LogP contribution in [-0.2, 0) is 11.8 Å². The Hall–Kier alpha value is -2.46. The molecule has 0 saturated carbocycles. The van der Waals surface area contributed by atoms with Crippen molar-refractivity contribution in [1.82, 2.24) is 24.6 Å². The zero-order valence-corrected chi connectivity index (χ0v) is 19.3. The molecule has 10 heteroatoms. The molecule has 2 aromatic heterocycles. The number of nitrogens with zero attached hydrogens (tertiary/aromatic N) is 6. The summed E-state index contributed by atoms with van der Waals surface area (Å²) >= 11 is 6.65. The number of anilines is 3. The second-order valence-electron chi connectivity index (χ2n) is 8.81. The van der Waals surface area contributed by atoms with Crippen molar-refractivity contribution in [3.63, 3.8) is 0 Å². The molecule has 2 N–H and O–H groups in total. The lowest BCUT2D eigenvalue weighted by Crippen LogP contribution is -2.60. The summed E-state index contributed by atoms with van der Waals surface area (Å²) in [4.78, 5) is 13.8. The summed E-state index contributed by atoms with van der Waals surface area (Å²) in [5, 5.41) is 19.5. The van der Waals surface area contributed by atoms with Crippen molar-refractivity contribution in [2.75, 3.05) is 49.6 Å². The number of hydrogen-bond donors (Lipinski definition) is 2. The molecule has 5 rings (SSSR count). The molecule has 2 fully saturated rings. The van der Waals surface area contributed by atoms with Crippen molar-refractivity contribution in [2.45, 2.75) is 25.5 Å². The average Bonchev–Trinajstić information content (AvgIpc) is 3.30. The predicted molar refractivity (Wildman–Crippen MR) is 125 cm³/mol. The Morgan fingerprint density at radius 3 is 2.66 bits per heavy atom. The SMILES string of the molecule is Cc1c(Nc2ncc3cc(Cl)c(N4CCN(C5(C)COCC5O)CC4)cc3n2)cnn1C. The number of halogens is 1. The summed E-state index contributed by atoms with van der Waals surface area (Å²) in [6, 6.07) is 3.96. The van der Waals surface area contributed by atoms with E-state index in [4.69, 9.17) is 21.3 Å². The fraction of sp³-hybridized carbons (Fsp3) is 0.500. The van der Waals surface area contributed by atoms with Crippen LogP contribution in [-0.4, -0.2) is 80.8 Å². The van der Waals surface area contributed by atoms with E-state index < -0.39 is 6.10 Å². The molecule has 32 heavy (non-hydrogen) atoms. The molecule has 0 amide bonds. The third-order valence-corrected chi connectivity index (χ3v) is 7.16. The van der Waals surface area contributed by atoms with E-state index in [0.717, 1.165) is 54.2 Å². The Balaban J connectivity index is 1.36. The highest BCUT2D eigenvalue weighted by Gasteiger charge is 2.44. The van der Waals surface area contributed by atoms with Crippen LogP contribution in [0.1, 0.15) is 12.6 Å². The summed E-state index contributed by atoms with van der Waals surface area (Å²) in [5.74, 6) is 0.523. The van der Waals surface area contributed by atoms with Crippen LogP contribution >= 0.6 is 11.6 Å². The Morgan fingerprint density at radius 2 is 2.00 bits per heavy atom. The lowest BCUT2D eigenvalue weighted by molar-refractivity contribution is 0.00884. The number of aromatic nitrogens is 4. The minimum atomic E-state index is -0.454. The van der Waals surface area contributed by atoms with E-state index in [-0.39, 0.29) is 5.54 Å². The van der Waals surface area contributed by atoms with Crippen molar-refractivity contribution < 1.29 is 9.84 Å². The van der Waals surface area contributed by atoms with Crippen LogP contribution in [0.4, 0.5) is 17.3 Å². The fourth-order valence-corrected chi connectivity index (χ4v) is 4.79. The number of benzene rings is 1. The van der Waals surface area contributed by atoms with Gasteiger partial charge < -0.3 is 20.1 Å². The number of fused-ring (bicyclic) bond motifs is 1. The van der Waals surface area contributed by atoms with Gasteiger partial charge >= 0.3 is 0 Å². The molecule has 0 aliphatic carbocycles. The highest BCUT2D eigenvalue weighted by atomic mass is 35.5. The topological polar surface area (TPSA) is 91.6 Å². The van der Waals surface area contributed by atoms with Gasteiger partial charge in [-0.15, -0.1) is 0 Å². The van der Waals surface area contributed by atoms with E-state index in [9.17, 15) is 5.11 Å². The first-order chi connectivity index (χ1) is 15.3. The highest BCUT2D eigenvalue weighted by Crippen LogP contribution is 2.33. The van der Waals surface area contributed by atoms with Gasteiger partial charge in [0.15, 0.2) is 0 Å². The van der Waals surface area contributed by atoms with Crippen molar-refractivity contribution >= 4 is 39.8 Å². The Morgan fingerprint density at radius 1 is 1.22 bits per heavy atom. The van der Waals surface area contributed by atoms with Gasteiger partial charge in [-0.3, -0.25) is 9.58 Å². The summed E-state index contributed by atoms with van der Waals surface area (Å²) in [5.41, 5.74) is 3.36. The van der Waals surface area contributed by atoms with Crippen LogP contribution in [0, 0.1) is 6.92 Å². The van der Waals surface area contributed by atoms with E-state index in [0.29, 0.717) is 24.2 Å². The van der Waals surface area contributed by atoms with E-state index in [1.807, 2.05) is 26.1 Å². The molecule has 2 saturated heterocycles. The van der Waals surface area contributed by atoms with Gasteiger partial charge in [0.25, 0.3) is 0 Å². The minimum absolute atomic E-state index is 0.322. The first-order valence-corrected chi connectivity index (χ1v) is 11.2. The van der Waals surface area contributed by atoms with Crippen molar-refractivity contribution in [3.05, 3.63) is 35.2 Å². The molecule has 3 aromatic rings. The molecule has 4 heterocycles. The van der Waals surface area contributed by atoms with E-state index in [2.05, 4.69) is 32.1 Å². The molecule has 2 atom stereocenters. The zero-order valence-electron chi connectivity index (χ0n) is 18.5. The molecule has 2 aliphatic heterocycles.